The molecule has 0 atom stereocenters. The van der Waals surface area contributed by atoms with Gasteiger partial charge in [0.25, 0.3) is 0 Å². The first kappa shape index (κ1) is 12.3. The third-order valence-corrected chi connectivity index (χ3v) is 2.77. The first-order chi connectivity index (χ1) is 8.58. The average molecular weight is 249 g/mol. The highest BCUT2D eigenvalue weighted by atomic mass is 16.4. The lowest BCUT2D eigenvalue weighted by atomic mass is 10.0. The smallest absolute Gasteiger partial charge is 0.341 e. The summed E-state index contributed by atoms with van der Waals surface area (Å²) in [7, 11) is 0. The third kappa shape index (κ3) is 1.87. The Morgan fingerprint density at radius 1 is 1.17 bits per heavy atom. The van der Waals surface area contributed by atoms with Crippen molar-refractivity contribution < 1.29 is 20.1 Å². The van der Waals surface area contributed by atoms with Crippen LogP contribution in [0.2, 0.25) is 0 Å². The highest BCUT2D eigenvalue weighted by Gasteiger charge is 2.13. The maximum atomic E-state index is 11.9. The summed E-state index contributed by atoms with van der Waals surface area (Å²) in [6.45, 7) is -0.600. The number of aliphatic hydroxyl groups excluding tert-OH is 2. The molecule has 0 bridgehead atoms. The number of hydrogen-bond donors (Lipinski definition) is 4. The summed E-state index contributed by atoms with van der Waals surface area (Å²) >= 11 is 0. The number of fused-ring (bicyclic) bond motifs is 1. The van der Waals surface area contributed by atoms with E-state index >= 15 is 0 Å². The van der Waals surface area contributed by atoms with Gasteiger partial charge in [0.15, 0.2) is 0 Å². The Labute approximate surface area is 101 Å². The number of aromatic amines is 1. The van der Waals surface area contributed by atoms with Gasteiger partial charge in [-0.2, -0.15) is 0 Å². The maximum absolute atomic E-state index is 11.9. The van der Waals surface area contributed by atoms with E-state index < -0.39 is 11.4 Å². The molecule has 0 fully saturated rings. The number of hydrogen-bond acceptors (Lipinski definition) is 4. The van der Waals surface area contributed by atoms with Crippen LogP contribution in [0.25, 0.3) is 10.9 Å². The van der Waals surface area contributed by atoms with Crippen molar-refractivity contribution in [3.63, 3.8) is 0 Å². The van der Waals surface area contributed by atoms with Gasteiger partial charge in [-0.15, -0.1) is 0 Å². The fraction of sp³-hybridized carbons (Fsp3) is 0.167. The minimum Gasteiger partial charge on any atom is -0.477 e. The predicted molar refractivity (Wildman–Crippen MR) is 63.4 cm³/mol. The second-order valence-electron chi connectivity index (χ2n) is 3.82. The normalized spacial score (nSPS) is 10.8. The molecule has 2 aromatic rings. The Balaban J connectivity index is 2.82. The summed E-state index contributed by atoms with van der Waals surface area (Å²) in [5, 5.41) is 27.3. The SMILES string of the molecule is O=C(O)c1c[nH]c2cc(CO)c(CO)cc2c1=O. The molecule has 0 spiro atoms. The Morgan fingerprint density at radius 2 is 1.78 bits per heavy atom. The van der Waals surface area contributed by atoms with E-state index in [1.54, 1.807) is 0 Å². The molecule has 94 valence electrons. The van der Waals surface area contributed by atoms with Crippen molar-refractivity contribution in [1.29, 1.82) is 0 Å². The van der Waals surface area contributed by atoms with E-state index in [-0.39, 0.29) is 24.2 Å². The zero-order valence-electron chi connectivity index (χ0n) is 9.30. The van der Waals surface area contributed by atoms with Crippen molar-refractivity contribution in [2.75, 3.05) is 0 Å². The van der Waals surface area contributed by atoms with Crippen molar-refractivity contribution in [3.8, 4) is 0 Å². The van der Waals surface area contributed by atoms with Crippen LogP contribution in [0.3, 0.4) is 0 Å². The predicted octanol–water partition coefficient (Wildman–Crippen LogP) is 0.211. The van der Waals surface area contributed by atoms with Crippen LogP contribution in [-0.4, -0.2) is 26.3 Å². The van der Waals surface area contributed by atoms with Gasteiger partial charge in [0.2, 0.25) is 5.43 Å². The summed E-state index contributed by atoms with van der Waals surface area (Å²) in [5.41, 5.74) is 0.339. The Bertz CT molecular complexity index is 674. The van der Waals surface area contributed by atoms with Gasteiger partial charge in [0.05, 0.1) is 13.2 Å². The lowest BCUT2D eigenvalue weighted by Crippen LogP contribution is -2.15. The van der Waals surface area contributed by atoms with E-state index in [0.29, 0.717) is 16.6 Å². The number of benzene rings is 1. The fourth-order valence-corrected chi connectivity index (χ4v) is 1.81. The lowest BCUT2D eigenvalue weighted by molar-refractivity contribution is 0.0695. The molecule has 0 unspecified atom stereocenters. The molecule has 0 saturated heterocycles. The highest BCUT2D eigenvalue weighted by Crippen LogP contribution is 2.17. The van der Waals surface area contributed by atoms with Crippen LogP contribution in [0.4, 0.5) is 0 Å². The minimum atomic E-state index is -1.31. The first-order valence-corrected chi connectivity index (χ1v) is 5.20. The van der Waals surface area contributed by atoms with Crippen LogP contribution in [0.15, 0.2) is 23.1 Å². The van der Waals surface area contributed by atoms with Gasteiger partial charge in [-0.1, -0.05) is 0 Å². The molecule has 6 heteroatoms. The van der Waals surface area contributed by atoms with Gasteiger partial charge in [-0.3, -0.25) is 4.79 Å². The molecule has 2 rings (SSSR count). The molecule has 0 aliphatic carbocycles. The molecule has 1 aromatic carbocycles. The Morgan fingerprint density at radius 3 is 2.33 bits per heavy atom. The van der Waals surface area contributed by atoms with Gasteiger partial charge in [-0.05, 0) is 23.3 Å². The molecule has 0 aliphatic rings. The summed E-state index contributed by atoms with van der Waals surface area (Å²) in [6.07, 6.45) is 1.12. The standard InChI is InChI=1S/C12H11NO5/c14-4-6-1-8-10(2-7(6)5-15)13-3-9(11(8)16)12(17)18/h1-3,14-15H,4-5H2,(H,13,16)(H,17,18). The molecular formula is C12H11NO5. The number of rotatable bonds is 3. The number of carbonyl (C=O) groups is 1. The molecule has 0 aliphatic heterocycles. The topological polar surface area (TPSA) is 111 Å². The van der Waals surface area contributed by atoms with E-state index in [2.05, 4.69) is 4.98 Å². The highest BCUT2D eigenvalue weighted by molar-refractivity contribution is 5.92. The molecule has 1 heterocycles. The zero-order valence-corrected chi connectivity index (χ0v) is 9.30. The Hall–Kier alpha value is -2.18. The first-order valence-electron chi connectivity index (χ1n) is 5.20. The quantitative estimate of drug-likeness (QED) is 0.621. The summed E-state index contributed by atoms with van der Waals surface area (Å²) in [6, 6.07) is 2.92. The monoisotopic (exact) mass is 249 g/mol. The van der Waals surface area contributed by atoms with Crippen molar-refractivity contribution in [3.05, 3.63) is 45.2 Å². The number of aliphatic hydroxyl groups is 2. The zero-order chi connectivity index (χ0) is 13.3. The van der Waals surface area contributed by atoms with E-state index in [1.165, 1.54) is 12.1 Å². The fourth-order valence-electron chi connectivity index (χ4n) is 1.81. The number of pyridine rings is 1. The van der Waals surface area contributed by atoms with Crippen LogP contribution in [0.1, 0.15) is 21.5 Å². The van der Waals surface area contributed by atoms with Crippen molar-refractivity contribution in [2.45, 2.75) is 13.2 Å². The largest absolute Gasteiger partial charge is 0.477 e. The molecule has 4 N–H and O–H groups in total. The van der Waals surface area contributed by atoms with E-state index in [1.807, 2.05) is 0 Å². The van der Waals surface area contributed by atoms with Gasteiger partial charge < -0.3 is 20.3 Å². The second-order valence-corrected chi connectivity index (χ2v) is 3.82. The lowest BCUT2D eigenvalue weighted by Gasteiger charge is -2.07. The van der Waals surface area contributed by atoms with Crippen LogP contribution < -0.4 is 5.43 Å². The molecule has 0 amide bonds. The van der Waals surface area contributed by atoms with Gasteiger partial charge in [-0.25, -0.2) is 4.79 Å². The van der Waals surface area contributed by atoms with Gasteiger partial charge in [0.1, 0.15) is 5.56 Å². The summed E-state index contributed by atoms with van der Waals surface area (Å²) in [4.78, 5) is 25.4. The van der Waals surface area contributed by atoms with Crippen molar-refractivity contribution >= 4 is 16.9 Å². The molecule has 18 heavy (non-hydrogen) atoms. The molecule has 6 nitrogen and oxygen atoms in total. The second kappa shape index (κ2) is 4.59. The van der Waals surface area contributed by atoms with Crippen molar-refractivity contribution in [1.82, 2.24) is 4.98 Å². The Kier molecular flexibility index (Phi) is 3.14. The molecular weight excluding hydrogens is 238 g/mol. The number of H-pyrrole nitrogens is 1. The average Bonchev–Trinajstić information content (AvgIpc) is 2.37. The van der Waals surface area contributed by atoms with E-state index in [9.17, 15) is 9.59 Å². The van der Waals surface area contributed by atoms with Gasteiger partial charge in [0, 0.05) is 17.1 Å². The van der Waals surface area contributed by atoms with E-state index in [0.717, 1.165) is 6.20 Å². The maximum Gasteiger partial charge on any atom is 0.341 e. The van der Waals surface area contributed by atoms with Crippen LogP contribution >= 0.6 is 0 Å². The number of carboxylic acid groups (broad SMARTS) is 1. The van der Waals surface area contributed by atoms with Gasteiger partial charge >= 0.3 is 5.97 Å². The third-order valence-electron chi connectivity index (χ3n) is 2.77. The number of carboxylic acids is 1. The minimum absolute atomic E-state index is 0.177. The van der Waals surface area contributed by atoms with Crippen LogP contribution in [0, 0.1) is 0 Å². The van der Waals surface area contributed by atoms with Crippen molar-refractivity contribution in [2.24, 2.45) is 0 Å². The summed E-state index contributed by atoms with van der Waals surface area (Å²) in [5.74, 6) is -1.31. The summed E-state index contributed by atoms with van der Waals surface area (Å²) < 4.78 is 0. The van der Waals surface area contributed by atoms with E-state index in [4.69, 9.17) is 15.3 Å². The number of aromatic nitrogens is 1. The van der Waals surface area contributed by atoms with Crippen LogP contribution in [-0.2, 0) is 13.2 Å². The van der Waals surface area contributed by atoms with Crippen LogP contribution in [0.5, 0.6) is 0 Å². The number of aromatic carboxylic acids is 1. The number of nitrogens with one attached hydrogen (secondary N) is 1. The molecule has 1 aromatic heterocycles. The molecule has 0 saturated carbocycles. The molecule has 0 radical (unpaired) electrons.